The SMILES string of the molecule is CC1CC([C@@H](NC(=O)C2CC(Cn3ccn(C4CC4)c3=N)CC(C3CCC(F)CC3OC(F)F)C2)C2CC2)CCC1F. The number of carbonyl (C=O) groups excluding carboxylic acids is 1. The van der Waals surface area contributed by atoms with Gasteiger partial charge in [-0.25, -0.2) is 8.78 Å². The summed E-state index contributed by atoms with van der Waals surface area (Å²) in [5.41, 5.74) is 0.462. The predicted octanol–water partition coefficient (Wildman–Crippen LogP) is 6.55. The molecule has 42 heavy (non-hydrogen) atoms. The van der Waals surface area contributed by atoms with Gasteiger partial charge in [0.25, 0.3) is 0 Å². The highest BCUT2D eigenvalue weighted by Crippen LogP contribution is 2.46. The lowest BCUT2D eigenvalue weighted by Gasteiger charge is -2.44. The first-order chi connectivity index (χ1) is 20.2. The average Bonchev–Trinajstić information content (AvgIpc) is 3.88. The number of alkyl halides is 4. The summed E-state index contributed by atoms with van der Waals surface area (Å²) in [6.45, 7) is -0.384. The zero-order valence-electron chi connectivity index (χ0n) is 24.8. The van der Waals surface area contributed by atoms with Crippen LogP contribution in [-0.2, 0) is 16.1 Å². The van der Waals surface area contributed by atoms with Gasteiger partial charge in [0.1, 0.15) is 12.3 Å². The van der Waals surface area contributed by atoms with E-state index in [-0.39, 0.29) is 53.9 Å². The Morgan fingerprint density at radius 1 is 0.976 bits per heavy atom. The number of imidazole rings is 1. The van der Waals surface area contributed by atoms with Gasteiger partial charge in [0.15, 0.2) is 0 Å². The highest BCUT2D eigenvalue weighted by atomic mass is 19.3. The van der Waals surface area contributed by atoms with Crippen LogP contribution < -0.4 is 10.9 Å². The molecule has 5 saturated carbocycles. The molecule has 0 radical (unpaired) electrons. The van der Waals surface area contributed by atoms with Crippen molar-refractivity contribution in [2.45, 2.75) is 134 Å². The molecule has 5 aliphatic carbocycles. The average molecular weight is 597 g/mol. The fraction of sp³-hybridized carbons (Fsp3) is 0.875. The molecule has 0 spiro atoms. The molecule has 1 aromatic heterocycles. The summed E-state index contributed by atoms with van der Waals surface area (Å²) in [6, 6.07) is 0.457. The molecule has 236 valence electrons. The highest BCUT2D eigenvalue weighted by Gasteiger charge is 2.45. The summed E-state index contributed by atoms with van der Waals surface area (Å²) in [5, 5.41) is 12.1. The lowest BCUT2D eigenvalue weighted by Crippen LogP contribution is -2.49. The summed E-state index contributed by atoms with van der Waals surface area (Å²) < 4.78 is 64.3. The van der Waals surface area contributed by atoms with E-state index in [1.165, 1.54) is 0 Å². The third kappa shape index (κ3) is 6.94. The van der Waals surface area contributed by atoms with Crippen LogP contribution in [0.2, 0.25) is 0 Å². The summed E-state index contributed by atoms with van der Waals surface area (Å²) in [4.78, 5) is 14.0. The van der Waals surface area contributed by atoms with Crippen molar-refractivity contribution < 1.29 is 27.1 Å². The number of amides is 1. The van der Waals surface area contributed by atoms with Crippen LogP contribution in [0.25, 0.3) is 0 Å². The Kier molecular flexibility index (Phi) is 9.09. The first-order valence-corrected chi connectivity index (χ1v) is 16.5. The number of ether oxygens (including phenoxy) is 1. The van der Waals surface area contributed by atoms with Gasteiger partial charge < -0.3 is 19.2 Å². The van der Waals surface area contributed by atoms with Gasteiger partial charge in [-0.2, -0.15) is 8.78 Å². The van der Waals surface area contributed by atoms with Crippen molar-refractivity contribution in [3.8, 4) is 0 Å². The zero-order chi connectivity index (χ0) is 29.5. The van der Waals surface area contributed by atoms with Crippen LogP contribution in [0.4, 0.5) is 17.6 Å². The minimum Gasteiger partial charge on any atom is -0.353 e. The van der Waals surface area contributed by atoms with Gasteiger partial charge in [0.2, 0.25) is 11.5 Å². The van der Waals surface area contributed by atoms with Crippen LogP contribution in [0.1, 0.15) is 96.4 Å². The third-order valence-electron chi connectivity index (χ3n) is 11.2. The minimum absolute atomic E-state index is 0.00165. The maximum Gasteiger partial charge on any atom is 0.345 e. The van der Waals surface area contributed by atoms with E-state index in [1.54, 1.807) is 0 Å². The van der Waals surface area contributed by atoms with Gasteiger partial charge in [-0.1, -0.05) is 6.92 Å². The monoisotopic (exact) mass is 596 g/mol. The second kappa shape index (κ2) is 12.6. The van der Waals surface area contributed by atoms with E-state index in [1.807, 2.05) is 28.5 Å². The second-order valence-electron chi connectivity index (χ2n) is 14.4. The van der Waals surface area contributed by atoms with Crippen molar-refractivity contribution in [3.05, 3.63) is 18.0 Å². The predicted molar refractivity (Wildman–Crippen MR) is 150 cm³/mol. The topological polar surface area (TPSA) is 72.0 Å². The maximum absolute atomic E-state index is 14.3. The molecule has 2 N–H and O–H groups in total. The molecule has 0 aromatic carbocycles. The fourth-order valence-corrected chi connectivity index (χ4v) is 8.73. The van der Waals surface area contributed by atoms with Crippen molar-refractivity contribution in [3.63, 3.8) is 0 Å². The maximum atomic E-state index is 14.3. The Hall–Kier alpha value is -1.84. The van der Waals surface area contributed by atoms with Crippen molar-refractivity contribution in [1.82, 2.24) is 14.5 Å². The molecular formula is C32H48F4N4O2. The van der Waals surface area contributed by atoms with Gasteiger partial charge >= 0.3 is 6.61 Å². The normalized spacial score (nSPS) is 38.4. The molecule has 6 nitrogen and oxygen atoms in total. The van der Waals surface area contributed by atoms with Crippen LogP contribution in [0, 0.1) is 46.8 Å². The van der Waals surface area contributed by atoms with E-state index >= 15 is 0 Å². The first-order valence-electron chi connectivity index (χ1n) is 16.5. The van der Waals surface area contributed by atoms with Crippen molar-refractivity contribution in [1.29, 1.82) is 5.41 Å². The van der Waals surface area contributed by atoms with E-state index in [9.17, 15) is 22.4 Å². The van der Waals surface area contributed by atoms with E-state index in [0.29, 0.717) is 56.2 Å². The first kappa shape index (κ1) is 30.2. The second-order valence-corrected chi connectivity index (χ2v) is 14.4. The Morgan fingerprint density at radius 3 is 2.43 bits per heavy atom. The largest absolute Gasteiger partial charge is 0.353 e. The molecule has 5 aliphatic rings. The van der Waals surface area contributed by atoms with Crippen LogP contribution in [0.3, 0.4) is 0 Å². The Labute approximate surface area is 246 Å². The van der Waals surface area contributed by atoms with E-state index in [4.69, 9.17) is 10.1 Å². The molecule has 9 unspecified atom stereocenters. The van der Waals surface area contributed by atoms with E-state index in [2.05, 4.69) is 5.32 Å². The lowest BCUT2D eigenvalue weighted by atomic mass is 9.65. The number of rotatable bonds is 10. The molecule has 6 rings (SSSR count). The molecule has 5 fully saturated rings. The van der Waals surface area contributed by atoms with Crippen molar-refractivity contribution >= 4 is 5.91 Å². The van der Waals surface area contributed by atoms with Crippen molar-refractivity contribution in [2.24, 2.45) is 41.4 Å². The third-order valence-corrected chi connectivity index (χ3v) is 11.2. The van der Waals surface area contributed by atoms with Gasteiger partial charge in [0, 0.05) is 43.4 Å². The molecule has 10 atom stereocenters. The quantitative estimate of drug-likeness (QED) is 0.301. The summed E-state index contributed by atoms with van der Waals surface area (Å²) in [6.07, 6.45) is 10.4. The molecule has 1 amide bonds. The van der Waals surface area contributed by atoms with Crippen molar-refractivity contribution in [2.75, 3.05) is 0 Å². The van der Waals surface area contributed by atoms with Gasteiger partial charge in [-0.05, 0) is 113 Å². The highest BCUT2D eigenvalue weighted by molar-refractivity contribution is 5.79. The Balaban J connectivity index is 1.20. The summed E-state index contributed by atoms with van der Waals surface area (Å²) in [5.74, 6) is 0.324. The molecule has 1 aromatic rings. The summed E-state index contributed by atoms with van der Waals surface area (Å²) >= 11 is 0. The number of halogens is 4. The number of aromatic nitrogens is 2. The Morgan fingerprint density at radius 2 is 1.74 bits per heavy atom. The number of hydrogen-bond acceptors (Lipinski definition) is 3. The molecule has 1 heterocycles. The number of nitrogens with one attached hydrogen (secondary N) is 2. The number of carbonyl (C=O) groups is 1. The zero-order valence-corrected chi connectivity index (χ0v) is 24.8. The van der Waals surface area contributed by atoms with Gasteiger partial charge in [-0.3, -0.25) is 10.2 Å². The molecule has 10 heteroatoms. The van der Waals surface area contributed by atoms with Crippen LogP contribution in [-0.4, -0.2) is 46.1 Å². The summed E-state index contributed by atoms with van der Waals surface area (Å²) in [7, 11) is 0. The van der Waals surface area contributed by atoms with E-state index in [0.717, 1.165) is 44.9 Å². The molecule has 0 aliphatic heterocycles. The molecule has 0 saturated heterocycles. The lowest BCUT2D eigenvalue weighted by molar-refractivity contribution is -0.196. The standard InChI is InChI=1S/C32H48F4N4O2/c1-18-12-21(4-9-27(18)34)29(20-2-3-20)38-30(41)23-14-19(17-39-10-11-40(32(39)37)25-6-7-25)13-22(15-23)26-8-5-24(33)16-28(26)42-31(35)36/h10-11,18-29,31,37H,2-9,12-17H2,1H3,(H,38,41)/t18?,19?,21?,22?,23?,24?,26?,27?,28?,29-/m0/s1. The molecular weight excluding hydrogens is 548 g/mol. The number of hydrogen-bond donors (Lipinski definition) is 2. The van der Waals surface area contributed by atoms with Gasteiger partial charge in [0.05, 0.1) is 6.10 Å². The Bertz CT molecular complexity index is 1130. The molecule has 0 bridgehead atoms. The number of nitrogens with zero attached hydrogens (tertiary/aromatic N) is 2. The fourth-order valence-electron chi connectivity index (χ4n) is 8.73. The van der Waals surface area contributed by atoms with E-state index < -0.39 is 25.1 Å². The van der Waals surface area contributed by atoms with Crippen LogP contribution >= 0.6 is 0 Å². The van der Waals surface area contributed by atoms with Crippen LogP contribution in [0.5, 0.6) is 0 Å². The smallest absolute Gasteiger partial charge is 0.345 e. The minimum atomic E-state index is -2.95. The van der Waals surface area contributed by atoms with Gasteiger partial charge in [-0.15, -0.1) is 0 Å². The van der Waals surface area contributed by atoms with Crippen LogP contribution in [0.15, 0.2) is 12.4 Å².